The van der Waals surface area contributed by atoms with E-state index in [1.807, 2.05) is 0 Å². The molecule has 0 bridgehead atoms. The molecule has 0 aromatic heterocycles. The van der Waals surface area contributed by atoms with E-state index in [1.165, 1.54) is 0 Å². The Morgan fingerprint density at radius 2 is 0.759 bits per heavy atom. The monoisotopic (exact) mass is 499 g/mol. The predicted molar refractivity (Wildman–Crippen MR) is 50.1 cm³/mol. The summed E-state index contributed by atoms with van der Waals surface area (Å²) in [4.78, 5) is 0. The average molecular weight is 499 g/mol. The van der Waals surface area contributed by atoms with Crippen molar-refractivity contribution in [3.63, 3.8) is 0 Å². The van der Waals surface area contributed by atoms with Gasteiger partial charge in [0, 0.05) is 0 Å². The largest absolute Gasteiger partial charge is 0.743 e. The van der Waals surface area contributed by atoms with Crippen LogP contribution in [0.5, 0.6) is 0 Å². The fraction of sp³-hybridized carbons (Fsp3) is 1.00. The van der Waals surface area contributed by atoms with E-state index < -0.39 is 57.1 Å². The first-order valence-corrected chi connectivity index (χ1v) is 7.08. The molecule has 176 valence electrons. The summed E-state index contributed by atoms with van der Waals surface area (Å²) in [6.07, 6.45) is -35.1. The van der Waals surface area contributed by atoms with Gasteiger partial charge in [-0.3, -0.25) is 0 Å². The summed E-state index contributed by atoms with van der Waals surface area (Å²) < 4.78 is 249. The molecule has 0 aliphatic heterocycles. The van der Waals surface area contributed by atoms with Gasteiger partial charge in [-0.2, -0.15) is 70.2 Å². The highest BCUT2D eigenvalue weighted by atomic mass is 32.2. The summed E-state index contributed by atoms with van der Waals surface area (Å²) in [6.45, 7) is 0. The molecule has 0 heterocycles. The van der Waals surface area contributed by atoms with Gasteiger partial charge in [0.2, 0.25) is 0 Å². The van der Waals surface area contributed by atoms with Crippen molar-refractivity contribution in [2.24, 2.45) is 5.41 Å². The first kappa shape index (κ1) is 27.7. The van der Waals surface area contributed by atoms with Gasteiger partial charge in [-0.25, -0.2) is 12.8 Å². The number of rotatable bonds is 4. The Morgan fingerprint density at radius 1 is 0.483 bits per heavy atom. The molecule has 1 unspecified atom stereocenters. The van der Waals surface area contributed by atoms with Crippen LogP contribution in [-0.4, -0.2) is 54.5 Å². The van der Waals surface area contributed by atoms with Crippen LogP contribution in [0.25, 0.3) is 0 Å². The molecule has 29 heavy (non-hydrogen) atoms. The van der Waals surface area contributed by atoms with Crippen LogP contribution in [0.2, 0.25) is 0 Å². The van der Waals surface area contributed by atoms with Crippen molar-refractivity contribution < 1.29 is 87.6 Å². The maximum Gasteiger partial charge on any atom is 0.457 e. The van der Waals surface area contributed by atoms with E-state index in [4.69, 9.17) is 0 Å². The van der Waals surface area contributed by atoms with Gasteiger partial charge in [0.15, 0.2) is 10.1 Å². The van der Waals surface area contributed by atoms with E-state index in [1.54, 1.807) is 0 Å². The second kappa shape index (κ2) is 6.36. The van der Waals surface area contributed by atoms with Gasteiger partial charge in [-0.1, -0.05) is 0 Å². The van der Waals surface area contributed by atoms with Gasteiger partial charge in [-0.05, 0) is 0 Å². The maximum absolute atomic E-state index is 14.0. The molecule has 21 heteroatoms. The standard InChI is InChI=1S/C8HF17O3S/c9-2(6(18,19)20,3(10,11)7(21,22)23)1(4(12,13)14,5(15,16)17)8(24,25)29(26,27)28/h(H,26,27,28)/p-1. The van der Waals surface area contributed by atoms with Gasteiger partial charge in [0.25, 0.3) is 5.41 Å². The molecule has 0 fully saturated rings. The zero-order valence-electron chi connectivity index (χ0n) is 12.1. The zero-order valence-corrected chi connectivity index (χ0v) is 12.9. The molecule has 0 rings (SSSR count). The molecule has 3 nitrogen and oxygen atoms in total. The van der Waals surface area contributed by atoms with Gasteiger partial charge in [0.05, 0.1) is 0 Å². The SMILES string of the molecule is O=S(=O)([O-])C(F)(F)C(C(F)(F)F)(C(F)(F)F)C(F)(C(F)(F)F)C(F)(F)C(F)(F)F. The lowest BCUT2D eigenvalue weighted by atomic mass is 9.67. The number of hydrogen-bond donors (Lipinski definition) is 0. The van der Waals surface area contributed by atoms with Crippen LogP contribution in [0.1, 0.15) is 0 Å². The third kappa shape index (κ3) is 3.26. The Labute approximate surface area is 146 Å². The predicted octanol–water partition coefficient (Wildman–Crippen LogP) is 4.70. The van der Waals surface area contributed by atoms with Crippen molar-refractivity contribution in [1.29, 1.82) is 0 Å². The van der Waals surface area contributed by atoms with Crippen molar-refractivity contribution in [2.45, 2.75) is 41.6 Å². The lowest BCUT2D eigenvalue weighted by Gasteiger charge is -2.52. The Kier molecular flexibility index (Phi) is 6.08. The second-order valence-corrected chi connectivity index (χ2v) is 6.37. The van der Waals surface area contributed by atoms with Crippen molar-refractivity contribution in [3.05, 3.63) is 0 Å². The summed E-state index contributed by atoms with van der Waals surface area (Å²) in [5.74, 6) is -9.02. The van der Waals surface area contributed by atoms with Crippen LogP contribution in [0, 0.1) is 5.41 Å². The Balaban J connectivity index is 8.37. The van der Waals surface area contributed by atoms with Gasteiger partial charge in [0.1, 0.15) is 0 Å². The molecule has 0 aliphatic carbocycles. The lowest BCUT2D eigenvalue weighted by molar-refractivity contribution is -0.499. The lowest BCUT2D eigenvalue weighted by Crippen LogP contribution is -2.82. The normalized spacial score (nSPS) is 18.6. The minimum atomic E-state index is -9.50. The van der Waals surface area contributed by atoms with Crippen LogP contribution in [0.4, 0.5) is 74.6 Å². The van der Waals surface area contributed by atoms with Gasteiger partial charge >= 0.3 is 41.6 Å². The molecular weight excluding hydrogens is 499 g/mol. The highest BCUT2D eigenvalue weighted by molar-refractivity contribution is 7.86. The number of alkyl halides is 17. The fourth-order valence-electron chi connectivity index (χ4n) is 2.09. The number of hydrogen-bond acceptors (Lipinski definition) is 3. The third-order valence-electron chi connectivity index (χ3n) is 3.30. The van der Waals surface area contributed by atoms with Crippen LogP contribution >= 0.6 is 0 Å². The molecule has 0 spiro atoms. The fourth-order valence-corrected chi connectivity index (χ4v) is 2.84. The van der Waals surface area contributed by atoms with Crippen molar-refractivity contribution in [3.8, 4) is 0 Å². The highest BCUT2D eigenvalue weighted by Gasteiger charge is 3.04. The first-order chi connectivity index (χ1) is 12.0. The average Bonchev–Trinajstić information content (AvgIpc) is 2.30. The smallest absolute Gasteiger partial charge is 0.457 e. The van der Waals surface area contributed by atoms with Crippen molar-refractivity contribution in [1.82, 2.24) is 0 Å². The molecule has 0 saturated heterocycles. The Morgan fingerprint density at radius 3 is 0.897 bits per heavy atom. The summed E-state index contributed by atoms with van der Waals surface area (Å²) in [5.41, 5.74) is -19.0. The number of halogens is 17. The zero-order chi connectivity index (χ0) is 24.5. The van der Waals surface area contributed by atoms with E-state index in [0.717, 1.165) is 0 Å². The van der Waals surface area contributed by atoms with Crippen LogP contribution in [-0.2, 0) is 10.1 Å². The molecule has 0 aromatic rings. The molecule has 0 aliphatic rings. The van der Waals surface area contributed by atoms with E-state index in [2.05, 4.69) is 0 Å². The summed E-state index contributed by atoms with van der Waals surface area (Å²) >= 11 is 0. The van der Waals surface area contributed by atoms with Crippen molar-refractivity contribution >= 4 is 10.1 Å². The Hall–Kier alpha value is -1.28. The van der Waals surface area contributed by atoms with E-state index in [0.29, 0.717) is 0 Å². The molecular formula is C8F17O3S-. The molecule has 1 atom stereocenters. The van der Waals surface area contributed by atoms with Gasteiger partial charge in [-0.15, -0.1) is 0 Å². The van der Waals surface area contributed by atoms with E-state index in [-0.39, 0.29) is 0 Å². The summed E-state index contributed by atoms with van der Waals surface area (Å²) in [7, 11) is -8.84. The van der Waals surface area contributed by atoms with E-state index in [9.17, 15) is 87.6 Å². The minimum Gasteiger partial charge on any atom is -0.743 e. The molecule has 0 saturated carbocycles. The highest BCUT2D eigenvalue weighted by Crippen LogP contribution is 2.74. The molecule has 0 aromatic carbocycles. The molecule has 0 amide bonds. The molecule has 0 N–H and O–H groups in total. The van der Waals surface area contributed by atoms with E-state index >= 15 is 0 Å². The van der Waals surface area contributed by atoms with Crippen LogP contribution in [0.3, 0.4) is 0 Å². The maximum atomic E-state index is 14.0. The summed E-state index contributed by atoms with van der Waals surface area (Å²) in [5, 5.41) is -8.82. The topological polar surface area (TPSA) is 57.2 Å². The van der Waals surface area contributed by atoms with Crippen LogP contribution < -0.4 is 0 Å². The van der Waals surface area contributed by atoms with Crippen molar-refractivity contribution in [2.75, 3.05) is 0 Å². The quantitative estimate of drug-likeness (QED) is 0.417. The first-order valence-electron chi connectivity index (χ1n) is 5.67. The second-order valence-electron chi connectivity index (χ2n) is 4.94. The van der Waals surface area contributed by atoms with Crippen LogP contribution in [0.15, 0.2) is 0 Å². The molecule has 0 radical (unpaired) electrons. The summed E-state index contributed by atoms with van der Waals surface area (Å²) in [6, 6.07) is 0. The third-order valence-corrected chi connectivity index (χ3v) is 4.23. The van der Waals surface area contributed by atoms with Gasteiger partial charge < -0.3 is 4.55 Å². The minimum absolute atomic E-state index is 8.39. The Bertz CT molecular complexity index is 708.